The first-order valence-corrected chi connectivity index (χ1v) is 9.89. The molecule has 1 fully saturated rings. The number of amides is 1. The molecule has 4 rings (SSSR count). The number of anilines is 1. The van der Waals surface area contributed by atoms with E-state index in [1.165, 1.54) is 5.69 Å². The van der Waals surface area contributed by atoms with Crippen LogP contribution in [0.5, 0.6) is 0 Å². The lowest BCUT2D eigenvalue weighted by Crippen LogP contribution is -2.36. The lowest BCUT2D eigenvalue weighted by Gasteiger charge is -2.29. The molecule has 1 amide bonds. The molecule has 148 valence electrons. The number of para-hydroxylation sites is 1. The third-order valence-electron chi connectivity index (χ3n) is 5.18. The number of ether oxygens (including phenoxy) is 1. The van der Waals surface area contributed by atoms with Crippen molar-refractivity contribution in [2.75, 3.05) is 38.3 Å². The van der Waals surface area contributed by atoms with Gasteiger partial charge in [0, 0.05) is 55.6 Å². The lowest BCUT2D eigenvalue weighted by atomic mass is 10.1. The smallest absolute Gasteiger partial charge is 0.246 e. The molecule has 0 N–H and O–H groups in total. The van der Waals surface area contributed by atoms with Gasteiger partial charge in [-0.3, -0.25) is 9.78 Å². The molecule has 0 bridgehead atoms. The first-order valence-electron chi connectivity index (χ1n) is 9.89. The summed E-state index contributed by atoms with van der Waals surface area (Å²) in [5, 5.41) is 1.07. The fourth-order valence-electron chi connectivity index (χ4n) is 3.54. The number of hydrogen-bond acceptors (Lipinski definition) is 4. The standard InChI is InChI=1S/C24H25N3O2/c1-26(18-19-7-10-22(11-8-19)27-14-16-29-17-15-27)23(28)12-9-21-5-2-4-20-6-3-13-25-24(20)21/h2-13H,14-18H2,1H3/b12-9+. The number of nitrogens with zero attached hydrogens (tertiary/aromatic N) is 3. The van der Waals surface area contributed by atoms with Gasteiger partial charge in [-0.05, 0) is 29.8 Å². The van der Waals surface area contributed by atoms with Crippen LogP contribution in [0.25, 0.3) is 17.0 Å². The predicted octanol–water partition coefficient (Wildman–Crippen LogP) is 3.74. The Labute approximate surface area is 171 Å². The second kappa shape index (κ2) is 8.88. The Bertz CT molecular complexity index is 1000. The molecule has 5 nitrogen and oxygen atoms in total. The van der Waals surface area contributed by atoms with E-state index in [9.17, 15) is 4.79 Å². The number of pyridine rings is 1. The summed E-state index contributed by atoms with van der Waals surface area (Å²) in [7, 11) is 1.82. The summed E-state index contributed by atoms with van der Waals surface area (Å²) in [5.41, 5.74) is 4.16. The van der Waals surface area contributed by atoms with Gasteiger partial charge in [0.2, 0.25) is 5.91 Å². The Morgan fingerprint density at radius 1 is 1.10 bits per heavy atom. The van der Waals surface area contributed by atoms with Crippen LogP contribution in [0.1, 0.15) is 11.1 Å². The maximum atomic E-state index is 12.6. The SMILES string of the molecule is CN(Cc1ccc(N2CCOCC2)cc1)C(=O)/C=C/c1cccc2cccnc12. The summed E-state index contributed by atoms with van der Waals surface area (Å²) in [5.74, 6) is -0.0322. The Kier molecular flexibility index (Phi) is 5.86. The van der Waals surface area contributed by atoms with Gasteiger partial charge in [-0.25, -0.2) is 0 Å². The highest BCUT2D eigenvalue weighted by Gasteiger charge is 2.11. The van der Waals surface area contributed by atoms with Gasteiger partial charge in [0.05, 0.1) is 18.7 Å². The number of aromatic nitrogens is 1. The van der Waals surface area contributed by atoms with Gasteiger partial charge in [0.15, 0.2) is 0 Å². The summed E-state index contributed by atoms with van der Waals surface area (Å²) in [6.45, 7) is 3.96. The van der Waals surface area contributed by atoms with Crippen molar-refractivity contribution >= 4 is 28.6 Å². The second-order valence-electron chi connectivity index (χ2n) is 7.22. The van der Waals surface area contributed by atoms with Crippen molar-refractivity contribution in [3.05, 3.63) is 78.0 Å². The third kappa shape index (κ3) is 4.63. The van der Waals surface area contributed by atoms with Crippen LogP contribution in [0, 0.1) is 0 Å². The van der Waals surface area contributed by atoms with E-state index in [2.05, 4.69) is 34.1 Å². The fourth-order valence-corrected chi connectivity index (χ4v) is 3.54. The number of rotatable bonds is 5. The van der Waals surface area contributed by atoms with Gasteiger partial charge in [-0.2, -0.15) is 0 Å². The summed E-state index contributed by atoms with van der Waals surface area (Å²) in [6.07, 6.45) is 5.23. The van der Waals surface area contributed by atoms with Gasteiger partial charge < -0.3 is 14.5 Å². The highest BCUT2D eigenvalue weighted by Crippen LogP contribution is 2.19. The maximum absolute atomic E-state index is 12.6. The molecule has 1 aliphatic heterocycles. The molecule has 0 spiro atoms. The monoisotopic (exact) mass is 387 g/mol. The molecular weight excluding hydrogens is 362 g/mol. The molecule has 3 aromatic rings. The van der Waals surface area contributed by atoms with Crippen LogP contribution in [-0.4, -0.2) is 49.1 Å². The predicted molar refractivity (Wildman–Crippen MR) is 117 cm³/mol. The van der Waals surface area contributed by atoms with Gasteiger partial charge in [0.1, 0.15) is 0 Å². The van der Waals surface area contributed by atoms with Crippen LogP contribution in [-0.2, 0) is 16.1 Å². The van der Waals surface area contributed by atoms with Crippen molar-refractivity contribution in [3.63, 3.8) is 0 Å². The summed E-state index contributed by atoms with van der Waals surface area (Å²) in [6, 6.07) is 18.3. The topological polar surface area (TPSA) is 45.7 Å². The molecule has 2 aromatic carbocycles. The van der Waals surface area contributed by atoms with Crippen molar-refractivity contribution < 1.29 is 9.53 Å². The molecule has 0 atom stereocenters. The van der Waals surface area contributed by atoms with E-state index in [0.29, 0.717) is 6.54 Å². The van der Waals surface area contributed by atoms with Crippen molar-refractivity contribution in [3.8, 4) is 0 Å². The van der Waals surface area contributed by atoms with Crippen LogP contribution in [0.3, 0.4) is 0 Å². The minimum absolute atomic E-state index is 0.0322. The molecule has 1 saturated heterocycles. The van der Waals surface area contributed by atoms with Gasteiger partial charge in [-0.1, -0.05) is 36.4 Å². The highest BCUT2D eigenvalue weighted by molar-refractivity contribution is 5.95. The van der Waals surface area contributed by atoms with Gasteiger partial charge >= 0.3 is 0 Å². The van der Waals surface area contributed by atoms with Crippen molar-refractivity contribution in [2.24, 2.45) is 0 Å². The number of morpholine rings is 1. The van der Waals surface area contributed by atoms with E-state index in [0.717, 1.165) is 48.3 Å². The molecule has 5 heteroatoms. The minimum Gasteiger partial charge on any atom is -0.378 e. The average molecular weight is 387 g/mol. The molecule has 0 aliphatic carbocycles. The molecular formula is C24H25N3O2. The van der Waals surface area contributed by atoms with Crippen molar-refractivity contribution in [1.82, 2.24) is 9.88 Å². The van der Waals surface area contributed by atoms with Crippen molar-refractivity contribution in [2.45, 2.75) is 6.54 Å². The van der Waals surface area contributed by atoms with Crippen LogP contribution in [0.4, 0.5) is 5.69 Å². The lowest BCUT2D eigenvalue weighted by molar-refractivity contribution is -0.125. The Balaban J connectivity index is 1.39. The van der Waals surface area contributed by atoms with Crippen molar-refractivity contribution in [1.29, 1.82) is 0 Å². The fraction of sp³-hybridized carbons (Fsp3) is 0.250. The molecule has 0 saturated carbocycles. The zero-order chi connectivity index (χ0) is 20.1. The van der Waals surface area contributed by atoms with E-state index in [4.69, 9.17) is 4.74 Å². The molecule has 2 heterocycles. The highest BCUT2D eigenvalue weighted by atomic mass is 16.5. The van der Waals surface area contributed by atoms with Crippen LogP contribution in [0.15, 0.2) is 66.9 Å². The number of carbonyl (C=O) groups excluding carboxylic acids is 1. The van der Waals surface area contributed by atoms with Crippen LogP contribution < -0.4 is 4.90 Å². The average Bonchev–Trinajstić information content (AvgIpc) is 2.78. The van der Waals surface area contributed by atoms with Crippen LogP contribution in [0.2, 0.25) is 0 Å². The first kappa shape index (κ1) is 19.2. The number of fused-ring (bicyclic) bond motifs is 1. The minimum atomic E-state index is -0.0322. The zero-order valence-corrected chi connectivity index (χ0v) is 16.6. The van der Waals surface area contributed by atoms with Gasteiger partial charge in [-0.15, -0.1) is 0 Å². The number of carbonyl (C=O) groups is 1. The van der Waals surface area contributed by atoms with E-state index in [1.807, 2.05) is 43.5 Å². The largest absolute Gasteiger partial charge is 0.378 e. The zero-order valence-electron chi connectivity index (χ0n) is 16.6. The van der Waals surface area contributed by atoms with E-state index >= 15 is 0 Å². The first-order chi connectivity index (χ1) is 14.2. The Hall–Kier alpha value is -3.18. The molecule has 29 heavy (non-hydrogen) atoms. The molecule has 1 aromatic heterocycles. The normalized spacial score (nSPS) is 14.4. The number of benzene rings is 2. The van der Waals surface area contributed by atoms with E-state index in [1.54, 1.807) is 17.2 Å². The van der Waals surface area contributed by atoms with Gasteiger partial charge in [0.25, 0.3) is 0 Å². The Morgan fingerprint density at radius 3 is 2.66 bits per heavy atom. The Morgan fingerprint density at radius 2 is 1.86 bits per heavy atom. The van der Waals surface area contributed by atoms with E-state index in [-0.39, 0.29) is 5.91 Å². The van der Waals surface area contributed by atoms with Crippen LogP contribution >= 0.6 is 0 Å². The van der Waals surface area contributed by atoms with E-state index < -0.39 is 0 Å². The molecule has 1 aliphatic rings. The maximum Gasteiger partial charge on any atom is 0.246 e. The summed E-state index contributed by atoms with van der Waals surface area (Å²) < 4.78 is 5.41. The second-order valence-corrected chi connectivity index (χ2v) is 7.22. The summed E-state index contributed by atoms with van der Waals surface area (Å²) >= 11 is 0. The third-order valence-corrected chi connectivity index (χ3v) is 5.18. The summed E-state index contributed by atoms with van der Waals surface area (Å²) in [4.78, 5) is 21.0. The number of likely N-dealkylation sites (N-methyl/N-ethyl adjacent to an activating group) is 1. The molecule has 0 unspecified atom stereocenters. The number of hydrogen-bond donors (Lipinski definition) is 0. The quantitative estimate of drug-likeness (QED) is 0.626. The molecule has 0 radical (unpaired) electrons.